The van der Waals surface area contributed by atoms with Crippen LogP contribution >= 0.6 is 11.5 Å². The van der Waals surface area contributed by atoms with E-state index in [0.717, 1.165) is 23.3 Å². The molecule has 9 heteroatoms. The molecular weight excluding hydrogens is 354 g/mol. The van der Waals surface area contributed by atoms with Gasteiger partial charge in [0.25, 0.3) is 0 Å². The lowest BCUT2D eigenvalue weighted by atomic mass is 9.97. The Balaban J connectivity index is 0. The fourth-order valence-corrected chi connectivity index (χ4v) is 2.32. The number of H-pyrrole nitrogens is 1. The largest absolute Gasteiger partial charge is 0.390 e. The minimum Gasteiger partial charge on any atom is -0.390 e. The Morgan fingerprint density at radius 3 is 1.77 bits per heavy atom. The maximum atomic E-state index is 8.40. The fourth-order valence-electron chi connectivity index (χ4n) is 1.75. The summed E-state index contributed by atoms with van der Waals surface area (Å²) in [6.07, 6.45) is 8.26. The van der Waals surface area contributed by atoms with Crippen LogP contribution in [0.4, 0.5) is 5.00 Å². The van der Waals surface area contributed by atoms with Gasteiger partial charge in [-0.25, -0.2) is 0 Å². The van der Waals surface area contributed by atoms with E-state index in [2.05, 4.69) is 28.5 Å². The van der Waals surface area contributed by atoms with Crippen molar-refractivity contribution >= 4 is 16.5 Å². The zero-order valence-corrected chi connectivity index (χ0v) is 17.5. The van der Waals surface area contributed by atoms with Crippen molar-refractivity contribution in [1.82, 2.24) is 0 Å². The first-order valence-corrected chi connectivity index (χ1v) is 10.1. The summed E-state index contributed by atoms with van der Waals surface area (Å²) in [5.41, 5.74) is 16.5. The second-order valence-electron chi connectivity index (χ2n) is 6.77. The van der Waals surface area contributed by atoms with Gasteiger partial charge in [0.05, 0.1) is 12.6 Å². The van der Waals surface area contributed by atoms with Crippen LogP contribution in [0.1, 0.15) is 51.1 Å². The lowest BCUT2D eigenvalue weighted by Gasteiger charge is -2.16. The summed E-state index contributed by atoms with van der Waals surface area (Å²) in [6.45, 7) is 4.29. The van der Waals surface area contributed by atoms with Crippen molar-refractivity contribution < 1.29 is 36.9 Å². The zero-order valence-electron chi connectivity index (χ0n) is 16.7. The van der Waals surface area contributed by atoms with Crippen LogP contribution in [0.2, 0.25) is 0 Å². The van der Waals surface area contributed by atoms with E-state index in [1.54, 1.807) is 0 Å². The smallest absolute Gasteiger partial charge is 0.193 e. The minimum atomic E-state index is -0.958. The van der Waals surface area contributed by atoms with E-state index in [1.165, 1.54) is 50.1 Å². The Bertz CT molecular complexity index is 384. The monoisotopic (exact) mass is 397 g/mol. The third-order valence-electron chi connectivity index (χ3n) is 3.77. The number of aromatic nitrogens is 1. The highest BCUT2D eigenvalue weighted by Gasteiger charge is 2.25. The number of aliphatic hydroxyl groups is 3. The molecular formula is C17H43N5O3S+4. The third kappa shape index (κ3) is 16.6. The summed E-state index contributed by atoms with van der Waals surface area (Å²) < 4.78 is 2.98. The normalized spacial score (nSPS) is 14.2. The van der Waals surface area contributed by atoms with Gasteiger partial charge < -0.3 is 38.3 Å². The molecule has 1 heterocycles. The van der Waals surface area contributed by atoms with Gasteiger partial charge in [0, 0.05) is 13.0 Å². The van der Waals surface area contributed by atoms with E-state index < -0.39 is 5.54 Å². The molecule has 0 atom stereocenters. The first-order chi connectivity index (χ1) is 12.3. The van der Waals surface area contributed by atoms with Crippen LogP contribution < -0.4 is 27.3 Å². The van der Waals surface area contributed by atoms with E-state index in [0.29, 0.717) is 0 Å². The van der Waals surface area contributed by atoms with Crippen molar-refractivity contribution in [3.05, 3.63) is 11.8 Å². The molecule has 0 saturated heterocycles. The summed E-state index contributed by atoms with van der Waals surface area (Å²) in [4.78, 5) is 0. The highest BCUT2D eigenvalue weighted by atomic mass is 32.1. The Morgan fingerprint density at radius 1 is 1.19 bits per heavy atom. The van der Waals surface area contributed by atoms with Gasteiger partial charge in [-0.3, -0.25) is 0 Å². The third-order valence-corrected chi connectivity index (χ3v) is 4.55. The average Bonchev–Trinajstić information content (AvgIpc) is 3.05. The van der Waals surface area contributed by atoms with Crippen molar-refractivity contribution in [2.24, 2.45) is 0 Å². The van der Waals surface area contributed by atoms with Crippen LogP contribution in [0.25, 0.3) is 0 Å². The number of nitrogen functional groups attached to an aromatic ring is 1. The van der Waals surface area contributed by atoms with Crippen LogP contribution in [0.5, 0.6) is 0 Å². The summed E-state index contributed by atoms with van der Waals surface area (Å²) in [7, 11) is 0. The quantitative estimate of drug-likeness (QED) is 0.299. The molecule has 15 N–H and O–H groups in total. The van der Waals surface area contributed by atoms with Crippen LogP contribution in [0.15, 0.2) is 6.07 Å². The molecule has 0 aromatic carbocycles. The Morgan fingerprint density at radius 2 is 1.65 bits per heavy atom. The summed E-state index contributed by atoms with van der Waals surface area (Å²) in [5.74, 6) is 0. The molecule has 156 valence electrons. The molecule has 1 aliphatic rings. The van der Waals surface area contributed by atoms with Crippen LogP contribution in [-0.4, -0.2) is 53.3 Å². The van der Waals surface area contributed by atoms with Gasteiger partial charge >= 0.3 is 0 Å². The Labute approximate surface area is 161 Å². The molecule has 1 aliphatic carbocycles. The maximum absolute atomic E-state index is 8.40. The summed E-state index contributed by atoms with van der Waals surface area (Å²) in [6, 6.07) is 2.69. The Hall–Kier alpha value is -0.810. The number of aromatic amines is 1. The van der Waals surface area contributed by atoms with Gasteiger partial charge in [-0.2, -0.15) is 4.37 Å². The topological polar surface area (TPSA) is 184 Å². The molecule has 1 saturated carbocycles. The van der Waals surface area contributed by atoms with Crippen LogP contribution in [0.3, 0.4) is 0 Å². The molecule has 0 amide bonds. The van der Waals surface area contributed by atoms with Gasteiger partial charge in [-0.1, -0.05) is 13.3 Å². The molecule has 1 aromatic rings. The van der Waals surface area contributed by atoms with Crippen molar-refractivity contribution in [3.8, 4) is 0 Å². The fraction of sp³-hybridized carbons (Fsp3) is 0.824. The molecule has 1 aromatic heterocycles. The van der Waals surface area contributed by atoms with E-state index in [9.17, 15) is 0 Å². The van der Waals surface area contributed by atoms with E-state index in [4.69, 9.17) is 21.1 Å². The Kier molecular flexibility index (Phi) is 18.6. The molecule has 0 bridgehead atoms. The number of aryl methyl sites for hydroxylation is 1. The number of nitrogens with two attached hydrogens (primary N) is 1. The van der Waals surface area contributed by atoms with E-state index in [1.807, 2.05) is 13.0 Å². The van der Waals surface area contributed by atoms with Gasteiger partial charge in [-0.05, 0) is 32.1 Å². The van der Waals surface area contributed by atoms with Gasteiger partial charge in [0.2, 0.25) is 0 Å². The van der Waals surface area contributed by atoms with Crippen molar-refractivity contribution in [2.45, 2.75) is 64.0 Å². The highest BCUT2D eigenvalue weighted by Crippen LogP contribution is 2.13. The second kappa shape index (κ2) is 17.6. The van der Waals surface area contributed by atoms with E-state index >= 15 is 0 Å². The van der Waals surface area contributed by atoms with E-state index in [-0.39, 0.29) is 19.8 Å². The standard InChI is InChI=1S/C6H13N.C4H6N2S.C4H11NO3.C3H9N/c7-6-4-2-1-3-5-6;1-3-2-4(5)7-6-3;5-4(1-6,2-7)3-8;1-2-3-4/h6H,1-5,7H2;2H,5H2,1H3;6-8H,1-3,5H2;2-4H2,1H3/p+4. The molecule has 26 heavy (non-hydrogen) atoms. The van der Waals surface area contributed by atoms with Crippen molar-refractivity contribution in [3.63, 3.8) is 0 Å². The number of anilines is 1. The predicted octanol–water partition coefficient (Wildman–Crippen LogP) is -2.40. The number of quaternary nitrogens is 3. The summed E-state index contributed by atoms with van der Waals surface area (Å²) >= 11 is 1.46. The SMILES string of the molecule is CCC[NH3+].Cc1cc(N)s[nH+]1.[NH3+]C(CO)(CO)CO.[NH3+]C1CCCCC1. The van der Waals surface area contributed by atoms with Crippen LogP contribution in [0, 0.1) is 6.92 Å². The first kappa shape index (κ1) is 27.4. The minimum absolute atomic E-state index is 0.292. The highest BCUT2D eigenvalue weighted by molar-refractivity contribution is 7.05. The number of rotatable bonds is 4. The number of hydrogen-bond acceptors (Lipinski definition) is 5. The van der Waals surface area contributed by atoms with Crippen molar-refractivity contribution in [1.29, 1.82) is 0 Å². The van der Waals surface area contributed by atoms with Crippen molar-refractivity contribution in [2.75, 3.05) is 32.1 Å². The molecule has 0 aliphatic heterocycles. The zero-order chi connectivity index (χ0) is 20.4. The molecule has 0 spiro atoms. The van der Waals surface area contributed by atoms with Crippen LogP contribution in [-0.2, 0) is 0 Å². The number of nitrogens with one attached hydrogen (secondary N) is 1. The maximum Gasteiger partial charge on any atom is 0.193 e. The van der Waals surface area contributed by atoms with Gasteiger partial charge in [0.1, 0.15) is 19.8 Å². The van der Waals surface area contributed by atoms with Gasteiger partial charge in [-0.15, -0.1) is 0 Å². The average molecular weight is 398 g/mol. The molecule has 2 rings (SSSR count). The number of hydrogen-bond donors (Lipinski definition) is 7. The van der Waals surface area contributed by atoms with Gasteiger partial charge in [0.15, 0.2) is 27.8 Å². The molecule has 0 unspecified atom stereocenters. The second-order valence-corrected chi connectivity index (χ2v) is 7.65. The lowest BCUT2D eigenvalue weighted by molar-refractivity contribution is -0.494. The summed E-state index contributed by atoms with van der Waals surface area (Å²) in [5, 5.41) is 26.1. The number of aliphatic hydroxyl groups excluding tert-OH is 3. The lowest BCUT2D eigenvalue weighted by Crippen LogP contribution is -2.78. The predicted molar refractivity (Wildman–Crippen MR) is 105 cm³/mol. The first-order valence-electron chi connectivity index (χ1n) is 9.32. The molecule has 0 radical (unpaired) electrons. The molecule has 8 nitrogen and oxygen atoms in total. The molecule has 1 fully saturated rings.